The third-order valence-corrected chi connectivity index (χ3v) is 5.16. The van der Waals surface area contributed by atoms with Crippen LogP contribution in [0.5, 0.6) is 17.2 Å². The lowest BCUT2D eigenvalue weighted by atomic mass is 9.97. The first-order valence-electron chi connectivity index (χ1n) is 10.5. The highest BCUT2D eigenvalue weighted by molar-refractivity contribution is 6.04. The lowest BCUT2D eigenvalue weighted by Gasteiger charge is -2.14. The minimum absolute atomic E-state index is 0.0637. The molecule has 2 aromatic carbocycles. The molecule has 1 amide bonds. The Morgan fingerprint density at radius 2 is 1.64 bits per heavy atom. The molecule has 0 aliphatic carbocycles. The number of nitrogen functional groups attached to an aromatic ring is 1. The minimum Gasteiger partial charge on any atom is -0.494 e. The second-order valence-corrected chi connectivity index (χ2v) is 7.78. The van der Waals surface area contributed by atoms with E-state index in [9.17, 15) is 4.79 Å². The molecule has 8 nitrogen and oxygen atoms in total. The molecule has 0 bridgehead atoms. The smallest absolute Gasteiger partial charge is 0.253 e. The van der Waals surface area contributed by atoms with Crippen LogP contribution in [0.25, 0.3) is 22.4 Å². The highest BCUT2D eigenvalue weighted by Gasteiger charge is 2.18. The van der Waals surface area contributed by atoms with Crippen molar-refractivity contribution in [3.63, 3.8) is 0 Å². The van der Waals surface area contributed by atoms with Gasteiger partial charge in [0.25, 0.3) is 5.91 Å². The first-order chi connectivity index (χ1) is 15.8. The van der Waals surface area contributed by atoms with Gasteiger partial charge >= 0.3 is 0 Å². The number of carbonyl (C=O) groups excluding carboxylic acids is 1. The number of ether oxygens (including phenoxy) is 3. The molecule has 0 radical (unpaired) electrons. The van der Waals surface area contributed by atoms with Gasteiger partial charge in [0.05, 0.1) is 32.1 Å². The molecule has 0 saturated carbocycles. The van der Waals surface area contributed by atoms with E-state index in [0.29, 0.717) is 29.4 Å². The second kappa shape index (κ2) is 10.7. The average molecular weight is 451 g/mol. The number of methoxy groups -OCH3 is 2. The van der Waals surface area contributed by atoms with E-state index in [1.54, 1.807) is 32.4 Å². The number of hydrogen-bond donors (Lipinski definition) is 2. The average Bonchev–Trinajstić information content (AvgIpc) is 2.80. The minimum atomic E-state index is -0.641. The third-order valence-electron chi connectivity index (χ3n) is 5.16. The van der Waals surface area contributed by atoms with E-state index in [-0.39, 0.29) is 11.4 Å². The predicted molar refractivity (Wildman–Crippen MR) is 130 cm³/mol. The normalized spacial score (nSPS) is 10.8. The van der Waals surface area contributed by atoms with Crippen molar-refractivity contribution in [2.24, 2.45) is 5.73 Å². The lowest BCUT2D eigenvalue weighted by Crippen LogP contribution is -2.16. The van der Waals surface area contributed by atoms with Crippen LogP contribution in [0.1, 0.15) is 16.8 Å². The van der Waals surface area contributed by atoms with Crippen LogP contribution in [0.3, 0.4) is 0 Å². The van der Waals surface area contributed by atoms with Gasteiger partial charge in [-0.25, -0.2) is 4.98 Å². The van der Waals surface area contributed by atoms with Crippen molar-refractivity contribution in [2.45, 2.75) is 6.42 Å². The summed E-state index contributed by atoms with van der Waals surface area (Å²) in [7, 11) is 7.20. The lowest BCUT2D eigenvalue weighted by molar-refractivity contribution is 0.100. The molecule has 8 heteroatoms. The molecule has 33 heavy (non-hydrogen) atoms. The maximum absolute atomic E-state index is 12.2. The van der Waals surface area contributed by atoms with Gasteiger partial charge in [0.2, 0.25) is 0 Å². The highest BCUT2D eigenvalue weighted by atomic mass is 16.5. The summed E-state index contributed by atoms with van der Waals surface area (Å²) in [4.78, 5) is 18.7. The van der Waals surface area contributed by atoms with Gasteiger partial charge in [-0.15, -0.1) is 0 Å². The maximum atomic E-state index is 12.2. The monoisotopic (exact) mass is 450 g/mol. The van der Waals surface area contributed by atoms with Crippen molar-refractivity contribution in [2.75, 3.05) is 47.2 Å². The van der Waals surface area contributed by atoms with Crippen molar-refractivity contribution in [1.29, 1.82) is 0 Å². The number of carbonyl (C=O) groups is 1. The number of hydrogen-bond acceptors (Lipinski definition) is 7. The summed E-state index contributed by atoms with van der Waals surface area (Å²) in [5.41, 5.74) is 14.7. The third kappa shape index (κ3) is 5.72. The number of nitrogens with zero attached hydrogens (tertiary/aromatic N) is 2. The highest BCUT2D eigenvalue weighted by Crippen LogP contribution is 2.36. The number of rotatable bonds is 10. The molecule has 1 aromatic heterocycles. The van der Waals surface area contributed by atoms with Crippen molar-refractivity contribution in [3.05, 3.63) is 54.1 Å². The maximum Gasteiger partial charge on any atom is 0.253 e. The molecule has 4 N–H and O–H groups in total. The molecule has 0 saturated heterocycles. The van der Waals surface area contributed by atoms with Crippen molar-refractivity contribution >= 4 is 11.7 Å². The van der Waals surface area contributed by atoms with Gasteiger partial charge < -0.3 is 30.6 Å². The standard InChI is InChI=1S/C25H30N4O4/c1-29(2)12-5-13-33-18-9-6-16(7-10-18)19-15-20(28-24(26)23(19)25(27)30)17-8-11-21(31-3)22(14-17)32-4/h6-11,14-15H,5,12-13H2,1-4H3,(H2,26,28)(H2,27,30). The Hall–Kier alpha value is -3.78. The number of anilines is 1. The van der Waals surface area contributed by atoms with E-state index in [2.05, 4.69) is 9.88 Å². The number of pyridine rings is 1. The van der Waals surface area contributed by atoms with Gasteiger partial charge in [-0.3, -0.25) is 4.79 Å². The Kier molecular flexibility index (Phi) is 7.74. The summed E-state index contributed by atoms with van der Waals surface area (Å²) >= 11 is 0. The molecular formula is C25H30N4O4. The van der Waals surface area contributed by atoms with E-state index in [1.165, 1.54) is 0 Å². The molecule has 1 heterocycles. The molecule has 3 rings (SSSR count). The molecule has 3 aromatic rings. The fourth-order valence-electron chi connectivity index (χ4n) is 3.50. The fourth-order valence-corrected chi connectivity index (χ4v) is 3.50. The SMILES string of the molecule is COc1ccc(-c2cc(-c3ccc(OCCCN(C)C)cc3)c(C(N)=O)c(N)n2)cc1OC. The van der Waals surface area contributed by atoms with Crippen LogP contribution in [-0.4, -0.2) is 57.3 Å². The van der Waals surface area contributed by atoms with Gasteiger partial charge in [-0.05, 0) is 62.5 Å². The Labute approximate surface area is 194 Å². The van der Waals surface area contributed by atoms with E-state index in [0.717, 1.165) is 29.8 Å². The van der Waals surface area contributed by atoms with Crippen LogP contribution >= 0.6 is 0 Å². The van der Waals surface area contributed by atoms with E-state index in [1.807, 2.05) is 44.4 Å². The summed E-state index contributed by atoms with van der Waals surface area (Å²) in [6.45, 7) is 1.57. The Morgan fingerprint density at radius 3 is 2.24 bits per heavy atom. The summed E-state index contributed by atoms with van der Waals surface area (Å²) < 4.78 is 16.5. The molecule has 0 fully saturated rings. The van der Waals surface area contributed by atoms with Crippen LogP contribution in [0.15, 0.2) is 48.5 Å². The molecular weight excluding hydrogens is 420 g/mol. The van der Waals surface area contributed by atoms with Crippen molar-refractivity contribution < 1.29 is 19.0 Å². The number of nitrogens with two attached hydrogens (primary N) is 2. The van der Waals surface area contributed by atoms with Crippen LogP contribution in [0.4, 0.5) is 5.82 Å². The summed E-state index contributed by atoms with van der Waals surface area (Å²) in [5.74, 6) is 1.34. The zero-order valence-corrected chi connectivity index (χ0v) is 19.4. The molecule has 0 aliphatic rings. The van der Waals surface area contributed by atoms with Gasteiger partial charge in [-0.1, -0.05) is 12.1 Å². The summed E-state index contributed by atoms with van der Waals surface area (Å²) in [5, 5.41) is 0. The number of aromatic nitrogens is 1. The van der Waals surface area contributed by atoms with E-state index >= 15 is 0 Å². The Bertz CT molecular complexity index is 1110. The molecule has 0 atom stereocenters. The van der Waals surface area contributed by atoms with Gasteiger partial charge in [-0.2, -0.15) is 0 Å². The zero-order chi connectivity index (χ0) is 24.0. The van der Waals surface area contributed by atoms with Crippen molar-refractivity contribution in [1.82, 2.24) is 9.88 Å². The Morgan fingerprint density at radius 1 is 0.970 bits per heavy atom. The first kappa shape index (κ1) is 23.9. The summed E-state index contributed by atoms with van der Waals surface area (Å²) in [6, 6.07) is 14.7. The largest absolute Gasteiger partial charge is 0.494 e. The van der Waals surface area contributed by atoms with Crippen molar-refractivity contribution in [3.8, 4) is 39.6 Å². The molecule has 0 aliphatic heterocycles. The van der Waals surface area contributed by atoms with E-state index in [4.69, 9.17) is 25.7 Å². The zero-order valence-electron chi connectivity index (χ0n) is 19.4. The second-order valence-electron chi connectivity index (χ2n) is 7.78. The molecule has 174 valence electrons. The topological polar surface area (TPSA) is 113 Å². The van der Waals surface area contributed by atoms with Crippen LogP contribution in [-0.2, 0) is 0 Å². The summed E-state index contributed by atoms with van der Waals surface area (Å²) in [6.07, 6.45) is 0.927. The molecule has 0 unspecified atom stereocenters. The van der Waals surface area contributed by atoms with Gasteiger partial charge in [0.1, 0.15) is 11.6 Å². The number of amides is 1. The quantitative estimate of drug-likeness (QED) is 0.455. The van der Waals surface area contributed by atoms with Gasteiger partial charge in [0.15, 0.2) is 11.5 Å². The fraction of sp³-hybridized carbons (Fsp3) is 0.280. The van der Waals surface area contributed by atoms with Crippen LogP contribution < -0.4 is 25.7 Å². The van der Waals surface area contributed by atoms with Gasteiger partial charge in [0, 0.05) is 17.7 Å². The van der Waals surface area contributed by atoms with Crippen LogP contribution in [0, 0.1) is 0 Å². The number of primary amides is 1. The Balaban J connectivity index is 1.96. The predicted octanol–water partition coefficient (Wildman–Crippen LogP) is 3.44. The van der Waals surface area contributed by atoms with Crippen LogP contribution in [0.2, 0.25) is 0 Å². The molecule has 0 spiro atoms. The number of benzene rings is 2. The van der Waals surface area contributed by atoms with E-state index < -0.39 is 5.91 Å². The first-order valence-corrected chi connectivity index (χ1v) is 10.5.